The molecule has 3 rings (SSSR count). The first-order valence-electron chi connectivity index (χ1n) is 8.31. The lowest BCUT2D eigenvalue weighted by Gasteiger charge is -2.42. The van der Waals surface area contributed by atoms with Crippen LogP contribution >= 0.6 is 0 Å². The van der Waals surface area contributed by atoms with Crippen LogP contribution in [0.15, 0.2) is 24.5 Å². The number of aliphatic hydroxyl groups is 1. The molecule has 1 unspecified atom stereocenters. The first-order valence-corrected chi connectivity index (χ1v) is 8.31. The van der Waals surface area contributed by atoms with Gasteiger partial charge in [-0.2, -0.15) is 0 Å². The Bertz CT molecular complexity index is 417. The minimum absolute atomic E-state index is 0.367. The van der Waals surface area contributed by atoms with Gasteiger partial charge < -0.3 is 5.11 Å². The van der Waals surface area contributed by atoms with Crippen molar-refractivity contribution in [2.24, 2.45) is 5.92 Å². The van der Waals surface area contributed by atoms with Gasteiger partial charge in [0.2, 0.25) is 0 Å². The molecule has 0 amide bonds. The standard InChI is InChI=1S/C17H27N3O/c21-14-15-5-9-20(10-6-15)17-4-2-8-19(13-17)12-16-3-1-7-18-11-16/h1,3,7,11,15,17,21H,2,4-6,8-10,12-14H2. The Morgan fingerprint density at radius 1 is 1.19 bits per heavy atom. The molecule has 0 aromatic carbocycles. The fourth-order valence-electron chi connectivity index (χ4n) is 3.72. The lowest BCUT2D eigenvalue weighted by molar-refractivity contribution is 0.0543. The molecule has 21 heavy (non-hydrogen) atoms. The zero-order chi connectivity index (χ0) is 14.5. The molecule has 0 aliphatic carbocycles. The third-order valence-corrected chi connectivity index (χ3v) is 5.03. The summed E-state index contributed by atoms with van der Waals surface area (Å²) >= 11 is 0. The van der Waals surface area contributed by atoms with Crippen LogP contribution in [0.1, 0.15) is 31.2 Å². The lowest BCUT2D eigenvalue weighted by atomic mass is 9.94. The topological polar surface area (TPSA) is 39.6 Å². The van der Waals surface area contributed by atoms with Crippen LogP contribution in [0.2, 0.25) is 0 Å². The maximum Gasteiger partial charge on any atom is 0.0460 e. The summed E-state index contributed by atoms with van der Waals surface area (Å²) in [5, 5.41) is 9.26. The number of aromatic nitrogens is 1. The molecule has 1 atom stereocenters. The van der Waals surface area contributed by atoms with Crippen molar-refractivity contribution in [1.29, 1.82) is 0 Å². The van der Waals surface area contributed by atoms with Crippen molar-refractivity contribution in [3.05, 3.63) is 30.1 Å². The summed E-state index contributed by atoms with van der Waals surface area (Å²) in [5.74, 6) is 0.538. The average molecular weight is 289 g/mol. The van der Waals surface area contributed by atoms with E-state index < -0.39 is 0 Å². The summed E-state index contributed by atoms with van der Waals surface area (Å²) in [6.07, 6.45) is 8.77. The average Bonchev–Trinajstić information content (AvgIpc) is 2.56. The van der Waals surface area contributed by atoms with Crippen LogP contribution in [-0.4, -0.2) is 58.7 Å². The number of hydrogen-bond acceptors (Lipinski definition) is 4. The molecule has 2 fully saturated rings. The minimum Gasteiger partial charge on any atom is -0.396 e. The normalized spacial score (nSPS) is 26.0. The Balaban J connectivity index is 1.51. The van der Waals surface area contributed by atoms with Crippen molar-refractivity contribution in [3.63, 3.8) is 0 Å². The highest BCUT2D eigenvalue weighted by Gasteiger charge is 2.28. The minimum atomic E-state index is 0.367. The van der Waals surface area contributed by atoms with E-state index in [9.17, 15) is 5.11 Å². The molecule has 1 aromatic rings. The number of aliphatic hydroxyl groups excluding tert-OH is 1. The van der Waals surface area contributed by atoms with Gasteiger partial charge in [-0.1, -0.05) is 6.07 Å². The first kappa shape index (κ1) is 14.9. The molecule has 2 aliphatic rings. The van der Waals surface area contributed by atoms with Gasteiger partial charge in [0.25, 0.3) is 0 Å². The smallest absolute Gasteiger partial charge is 0.0460 e. The lowest BCUT2D eigenvalue weighted by Crippen LogP contribution is -2.50. The molecule has 3 heterocycles. The molecule has 0 bridgehead atoms. The largest absolute Gasteiger partial charge is 0.396 e. The number of piperidine rings is 2. The Kier molecular flexibility index (Phi) is 5.22. The number of likely N-dealkylation sites (tertiary alicyclic amines) is 2. The van der Waals surface area contributed by atoms with E-state index >= 15 is 0 Å². The Hall–Kier alpha value is -0.970. The van der Waals surface area contributed by atoms with Crippen molar-refractivity contribution in [2.75, 3.05) is 32.8 Å². The van der Waals surface area contributed by atoms with E-state index in [1.165, 1.54) is 31.5 Å². The molecule has 1 N–H and O–H groups in total. The highest BCUT2D eigenvalue weighted by Crippen LogP contribution is 2.23. The monoisotopic (exact) mass is 289 g/mol. The van der Waals surface area contributed by atoms with Crippen molar-refractivity contribution in [2.45, 2.75) is 38.3 Å². The maximum atomic E-state index is 9.26. The second-order valence-electron chi connectivity index (χ2n) is 6.55. The van der Waals surface area contributed by atoms with Crippen molar-refractivity contribution >= 4 is 0 Å². The van der Waals surface area contributed by atoms with Gasteiger partial charge in [0, 0.05) is 38.1 Å². The quantitative estimate of drug-likeness (QED) is 0.917. The molecule has 0 radical (unpaired) electrons. The van der Waals surface area contributed by atoms with Gasteiger partial charge in [0.05, 0.1) is 0 Å². The number of hydrogen-bond donors (Lipinski definition) is 1. The maximum absolute atomic E-state index is 9.26. The Morgan fingerprint density at radius 3 is 2.76 bits per heavy atom. The van der Waals surface area contributed by atoms with Crippen molar-refractivity contribution < 1.29 is 5.11 Å². The van der Waals surface area contributed by atoms with Crippen LogP contribution in [0.5, 0.6) is 0 Å². The Labute approximate surface area is 127 Å². The number of nitrogens with zero attached hydrogens (tertiary/aromatic N) is 3. The first-order chi connectivity index (χ1) is 10.3. The van der Waals surface area contributed by atoms with Crippen LogP contribution in [0, 0.1) is 5.92 Å². The van der Waals surface area contributed by atoms with Crippen molar-refractivity contribution in [3.8, 4) is 0 Å². The molecular weight excluding hydrogens is 262 g/mol. The van der Waals surface area contributed by atoms with Gasteiger partial charge in [-0.05, 0) is 62.9 Å². The molecule has 0 saturated carbocycles. The van der Waals surface area contributed by atoms with Gasteiger partial charge in [0.1, 0.15) is 0 Å². The summed E-state index contributed by atoms with van der Waals surface area (Å²) in [6, 6.07) is 4.90. The van der Waals surface area contributed by atoms with E-state index in [4.69, 9.17) is 0 Å². The third kappa shape index (κ3) is 4.02. The molecule has 4 heteroatoms. The highest BCUT2D eigenvalue weighted by atomic mass is 16.3. The fraction of sp³-hybridized carbons (Fsp3) is 0.706. The zero-order valence-electron chi connectivity index (χ0n) is 12.8. The van der Waals surface area contributed by atoms with Gasteiger partial charge in [-0.3, -0.25) is 14.8 Å². The molecule has 1 aromatic heterocycles. The molecule has 2 saturated heterocycles. The van der Waals surface area contributed by atoms with E-state index in [0.717, 1.165) is 32.5 Å². The fourth-order valence-corrected chi connectivity index (χ4v) is 3.72. The summed E-state index contributed by atoms with van der Waals surface area (Å²) in [7, 11) is 0. The molecular formula is C17H27N3O. The van der Waals surface area contributed by atoms with Gasteiger partial charge in [0.15, 0.2) is 0 Å². The van der Waals surface area contributed by atoms with Crippen LogP contribution < -0.4 is 0 Å². The number of pyridine rings is 1. The van der Waals surface area contributed by atoms with Gasteiger partial charge in [-0.15, -0.1) is 0 Å². The van der Waals surface area contributed by atoms with Crippen LogP contribution in [0.25, 0.3) is 0 Å². The Morgan fingerprint density at radius 2 is 2.05 bits per heavy atom. The summed E-state index contributed by atoms with van der Waals surface area (Å²) in [6.45, 7) is 6.10. The van der Waals surface area contributed by atoms with E-state index in [1.807, 2.05) is 18.5 Å². The van der Waals surface area contributed by atoms with E-state index in [1.54, 1.807) is 0 Å². The van der Waals surface area contributed by atoms with Crippen LogP contribution in [0.3, 0.4) is 0 Å². The third-order valence-electron chi connectivity index (χ3n) is 5.03. The van der Waals surface area contributed by atoms with Gasteiger partial charge >= 0.3 is 0 Å². The summed E-state index contributed by atoms with van der Waals surface area (Å²) in [5.41, 5.74) is 1.32. The summed E-state index contributed by atoms with van der Waals surface area (Å²) < 4.78 is 0. The molecule has 2 aliphatic heterocycles. The summed E-state index contributed by atoms with van der Waals surface area (Å²) in [4.78, 5) is 9.44. The van der Waals surface area contributed by atoms with Crippen LogP contribution in [0.4, 0.5) is 0 Å². The second-order valence-corrected chi connectivity index (χ2v) is 6.55. The zero-order valence-corrected chi connectivity index (χ0v) is 12.8. The van der Waals surface area contributed by atoms with Crippen LogP contribution in [-0.2, 0) is 6.54 Å². The van der Waals surface area contributed by atoms with E-state index in [-0.39, 0.29) is 0 Å². The molecule has 4 nitrogen and oxygen atoms in total. The SMILES string of the molecule is OCC1CCN(C2CCCN(Cc3cccnc3)C2)CC1. The van der Waals surface area contributed by atoms with E-state index in [2.05, 4.69) is 20.9 Å². The van der Waals surface area contributed by atoms with E-state index in [0.29, 0.717) is 18.6 Å². The highest BCUT2D eigenvalue weighted by molar-refractivity contribution is 5.08. The second kappa shape index (κ2) is 7.34. The predicted octanol–water partition coefficient (Wildman–Crippen LogP) is 1.75. The van der Waals surface area contributed by atoms with Crippen molar-refractivity contribution in [1.82, 2.24) is 14.8 Å². The number of rotatable bonds is 4. The molecule has 0 spiro atoms. The predicted molar refractivity (Wildman–Crippen MR) is 83.9 cm³/mol. The molecule has 116 valence electrons. The van der Waals surface area contributed by atoms with Gasteiger partial charge in [-0.25, -0.2) is 0 Å².